The zero-order chi connectivity index (χ0) is 15.2. The van der Waals surface area contributed by atoms with Crippen LogP contribution in [-0.4, -0.2) is 20.6 Å². The van der Waals surface area contributed by atoms with Crippen LogP contribution in [0.3, 0.4) is 0 Å². The summed E-state index contributed by atoms with van der Waals surface area (Å²) in [6, 6.07) is 17.2. The van der Waals surface area contributed by atoms with Crippen molar-refractivity contribution in [1.29, 1.82) is 0 Å². The Kier molecular flexibility index (Phi) is 5.61. The van der Waals surface area contributed by atoms with Crippen molar-refractivity contribution in [2.24, 2.45) is 5.73 Å². The van der Waals surface area contributed by atoms with E-state index in [-0.39, 0.29) is 0 Å². The molecule has 0 atom stereocenters. The predicted octanol–water partition coefficient (Wildman–Crippen LogP) is 1.52. The van der Waals surface area contributed by atoms with Gasteiger partial charge in [-0.3, -0.25) is 4.79 Å². The van der Waals surface area contributed by atoms with Crippen LogP contribution in [0, 0.1) is 0 Å². The van der Waals surface area contributed by atoms with Crippen LogP contribution in [0.5, 0.6) is 0 Å². The molecule has 0 aliphatic heterocycles. The SMILES string of the molecule is NC(=O)c1cccc(-c2ccccc2)c1.O=P(O)(O)O. The van der Waals surface area contributed by atoms with Gasteiger partial charge in [0.25, 0.3) is 0 Å². The van der Waals surface area contributed by atoms with Crippen LogP contribution in [0.1, 0.15) is 10.4 Å². The number of primary amides is 1. The summed E-state index contributed by atoms with van der Waals surface area (Å²) >= 11 is 0. The van der Waals surface area contributed by atoms with E-state index in [0.29, 0.717) is 5.56 Å². The van der Waals surface area contributed by atoms with E-state index in [1.165, 1.54) is 0 Å². The molecule has 20 heavy (non-hydrogen) atoms. The summed E-state index contributed by atoms with van der Waals surface area (Å²) in [5.41, 5.74) is 7.85. The summed E-state index contributed by atoms with van der Waals surface area (Å²) in [5.74, 6) is -0.396. The van der Waals surface area contributed by atoms with Crippen LogP contribution >= 0.6 is 7.82 Å². The first kappa shape index (κ1) is 16.1. The lowest BCUT2D eigenvalue weighted by atomic mass is 10.0. The molecule has 0 aliphatic carbocycles. The molecule has 7 heteroatoms. The average Bonchev–Trinajstić information content (AvgIpc) is 2.38. The van der Waals surface area contributed by atoms with E-state index in [9.17, 15) is 4.79 Å². The van der Waals surface area contributed by atoms with E-state index in [2.05, 4.69) is 0 Å². The molecular formula is C13H14NO5P. The van der Waals surface area contributed by atoms with Gasteiger partial charge >= 0.3 is 7.82 Å². The molecule has 5 N–H and O–H groups in total. The molecule has 6 nitrogen and oxygen atoms in total. The molecule has 106 valence electrons. The van der Waals surface area contributed by atoms with Gasteiger partial charge in [0.1, 0.15) is 0 Å². The standard InChI is InChI=1S/C13H11NO.H3O4P/c14-13(15)12-8-4-7-11(9-12)10-5-2-1-3-6-10;1-5(2,3)4/h1-9H,(H2,14,15);(H3,1,2,3,4). The molecule has 2 rings (SSSR count). The Bertz CT molecular complexity index is 615. The van der Waals surface area contributed by atoms with Gasteiger partial charge in [0.2, 0.25) is 5.91 Å². The summed E-state index contributed by atoms with van der Waals surface area (Å²) in [6.45, 7) is 0. The lowest BCUT2D eigenvalue weighted by Gasteiger charge is -2.02. The van der Waals surface area contributed by atoms with Crippen molar-refractivity contribution in [3.05, 3.63) is 60.2 Å². The fourth-order valence-corrected chi connectivity index (χ4v) is 1.48. The minimum Gasteiger partial charge on any atom is -0.366 e. The van der Waals surface area contributed by atoms with Crippen LogP contribution in [0.4, 0.5) is 0 Å². The second-order valence-corrected chi connectivity index (χ2v) is 4.85. The zero-order valence-electron chi connectivity index (χ0n) is 10.4. The zero-order valence-corrected chi connectivity index (χ0v) is 11.3. The lowest BCUT2D eigenvalue weighted by molar-refractivity contribution is 0.1000. The number of benzene rings is 2. The molecule has 2 aromatic carbocycles. The second kappa shape index (κ2) is 6.98. The van der Waals surface area contributed by atoms with Crippen molar-refractivity contribution in [2.45, 2.75) is 0 Å². The van der Waals surface area contributed by atoms with Gasteiger partial charge in [-0.25, -0.2) is 4.57 Å². The molecule has 0 saturated carbocycles. The highest BCUT2D eigenvalue weighted by Gasteiger charge is 2.02. The molecule has 2 aromatic rings. The minimum atomic E-state index is -4.64. The van der Waals surface area contributed by atoms with E-state index in [1.54, 1.807) is 12.1 Å². The van der Waals surface area contributed by atoms with E-state index < -0.39 is 13.7 Å². The third kappa shape index (κ3) is 6.26. The Labute approximate surface area is 115 Å². The van der Waals surface area contributed by atoms with Crippen molar-refractivity contribution in [3.63, 3.8) is 0 Å². The number of rotatable bonds is 2. The highest BCUT2D eigenvalue weighted by Crippen LogP contribution is 2.25. The quantitative estimate of drug-likeness (QED) is 0.626. The van der Waals surface area contributed by atoms with Crippen molar-refractivity contribution < 1.29 is 24.0 Å². The van der Waals surface area contributed by atoms with Crippen molar-refractivity contribution >= 4 is 13.7 Å². The fraction of sp³-hybridized carbons (Fsp3) is 0. The maximum absolute atomic E-state index is 11.0. The van der Waals surface area contributed by atoms with E-state index in [4.69, 9.17) is 25.0 Å². The van der Waals surface area contributed by atoms with Crippen LogP contribution < -0.4 is 5.73 Å². The second-order valence-electron chi connectivity index (χ2n) is 3.82. The summed E-state index contributed by atoms with van der Waals surface area (Å²) in [6.07, 6.45) is 0. The molecule has 0 fully saturated rings. The monoisotopic (exact) mass is 295 g/mol. The normalized spacial score (nSPS) is 10.3. The molecule has 0 radical (unpaired) electrons. The number of carbonyl (C=O) groups is 1. The summed E-state index contributed by atoms with van der Waals surface area (Å²) in [5, 5.41) is 0. The molecule has 0 unspecified atom stereocenters. The van der Waals surface area contributed by atoms with Crippen LogP contribution in [0.2, 0.25) is 0 Å². The van der Waals surface area contributed by atoms with Gasteiger partial charge in [0.15, 0.2) is 0 Å². The van der Waals surface area contributed by atoms with E-state index in [0.717, 1.165) is 11.1 Å². The Balaban J connectivity index is 0.000000347. The van der Waals surface area contributed by atoms with Crippen LogP contribution in [0.25, 0.3) is 11.1 Å². The number of amides is 1. The molecule has 0 spiro atoms. The first-order chi connectivity index (χ1) is 9.27. The number of nitrogens with two attached hydrogens (primary N) is 1. The largest absolute Gasteiger partial charge is 0.466 e. The van der Waals surface area contributed by atoms with Crippen molar-refractivity contribution in [2.75, 3.05) is 0 Å². The maximum atomic E-state index is 11.0. The third-order valence-electron chi connectivity index (χ3n) is 2.25. The average molecular weight is 295 g/mol. The van der Waals surface area contributed by atoms with Gasteiger partial charge in [0, 0.05) is 5.56 Å². The maximum Gasteiger partial charge on any atom is 0.466 e. The highest BCUT2D eigenvalue weighted by atomic mass is 31.2. The third-order valence-corrected chi connectivity index (χ3v) is 2.25. The number of hydrogen-bond acceptors (Lipinski definition) is 2. The Morgan fingerprint density at radius 2 is 1.40 bits per heavy atom. The smallest absolute Gasteiger partial charge is 0.366 e. The van der Waals surface area contributed by atoms with E-state index in [1.807, 2.05) is 42.5 Å². The minimum absolute atomic E-state index is 0.396. The van der Waals surface area contributed by atoms with Gasteiger partial charge in [-0.05, 0) is 23.3 Å². The Morgan fingerprint density at radius 1 is 0.900 bits per heavy atom. The molecular weight excluding hydrogens is 281 g/mol. The van der Waals surface area contributed by atoms with Gasteiger partial charge < -0.3 is 20.4 Å². The van der Waals surface area contributed by atoms with E-state index >= 15 is 0 Å². The first-order valence-corrected chi connectivity index (χ1v) is 7.07. The van der Waals surface area contributed by atoms with Crippen LogP contribution in [0.15, 0.2) is 54.6 Å². The van der Waals surface area contributed by atoms with Gasteiger partial charge in [-0.2, -0.15) is 0 Å². The fourth-order valence-electron chi connectivity index (χ4n) is 1.48. The predicted molar refractivity (Wildman–Crippen MR) is 74.7 cm³/mol. The topological polar surface area (TPSA) is 121 Å². The van der Waals surface area contributed by atoms with Gasteiger partial charge in [0.05, 0.1) is 0 Å². The summed E-state index contributed by atoms with van der Waals surface area (Å²) < 4.78 is 8.88. The molecule has 0 saturated heterocycles. The highest BCUT2D eigenvalue weighted by molar-refractivity contribution is 7.45. The molecule has 0 heterocycles. The van der Waals surface area contributed by atoms with Crippen molar-refractivity contribution in [3.8, 4) is 11.1 Å². The van der Waals surface area contributed by atoms with Gasteiger partial charge in [-0.1, -0.05) is 42.5 Å². The summed E-state index contributed by atoms with van der Waals surface area (Å²) in [7, 11) is -4.64. The number of hydrogen-bond donors (Lipinski definition) is 4. The lowest BCUT2D eigenvalue weighted by Crippen LogP contribution is -2.10. The van der Waals surface area contributed by atoms with Gasteiger partial charge in [-0.15, -0.1) is 0 Å². The van der Waals surface area contributed by atoms with Crippen LogP contribution in [-0.2, 0) is 4.57 Å². The Morgan fingerprint density at radius 3 is 1.90 bits per heavy atom. The Hall–Kier alpha value is -1.98. The molecule has 0 bridgehead atoms. The molecule has 0 aliphatic rings. The first-order valence-electron chi connectivity index (χ1n) is 5.51. The summed E-state index contributed by atoms with van der Waals surface area (Å²) in [4.78, 5) is 32.6. The number of carbonyl (C=O) groups excluding carboxylic acids is 1. The molecule has 1 amide bonds. The number of phosphoric acid groups is 1. The van der Waals surface area contributed by atoms with Crippen molar-refractivity contribution in [1.82, 2.24) is 0 Å². The molecule has 0 aromatic heterocycles.